The van der Waals surface area contributed by atoms with Crippen LogP contribution in [0, 0.1) is 0 Å². The molecule has 0 radical (unpaired) electrons. The second-order valence-corrected chi connectivity index (χ2v) is 5.98. The van der Waals surface area contributed by atoms with Crippen molar-refractivity contribution in [2.24, 2.45) is 0 Å². The summed E-state index contributed by atoms with van der Waals surface area (Å²) in [6, 6.07) is 7.22. The van der Waals surface area contributed by atoms with Gasteiger partial charge >= 0.3 is 0 Å². The number of hydrogen-bond acceptors (Lipinski definition) is 6. The molecule has 9 heteroatoms. The zero-order valence-corrected chi connectivity index (χ0v) is 13.8. The van der Waals surface area contributed by atoms with E-state index < -0.39 is 0 Å². The Bertz CT molecular complexity index is 906. The number of H-pyrrole nitrogens is 1. The Morgan fingerprint density at radius 1 is 1.38 bits per heavy atom. The standard InChI is InChI=1S/C15H16N6O2S/c1-2-7-21-13(23)10-5-3-4-6-11(10)18-15(21)24-8-12(22)19-14-16-9-17-20-14/h3-6,9H,2,7-8H2,1H3,(H2,16,17,19,20,22). The fourth-order valence-electron chi connectivity index (χ4n) is 2.24. The maximum absolute atomic E-state index is 12.6. The lowest BCUT2D eigenvalue weighted by Crippen LogP contribution is -2.24. The number of nitrogens with one attached hydrogen (secondary N) is 2. The number of nitrogens with zero attached hydrogens (tertiary/aromatic N) is 4. The van der Waals surface area contributed by atoms with Gasteiger partial charge in [-0.05, 0) is 18.6 Å². The summed E-state index contributed by atoms with van der Waals surface area (Å²) >= 11 is 1.22. The molecule has 0 spiro atoms. The maximum atomic E-state index is 12.6. The van der Waals surface area contributed by atoms with Gasteiger partial charge in [-0.15, -0.1) is 0 Å². The predicted octanol–water partition coefficient (Wildman–Crippen LogP) is 1.66. The van der Waals surface area contributed by atoms with Crippen molar-refractivity contribution < 1.29 is 4.79 Å². The molecule has 3 rings (SSSR count). The van der Waals surface area contributed by atoms with Gasteiger partial charge in [-0.3, -0.25) is 19.5 Å². The van der Waals surface area contributed by atoms with Gasteiger partial charge in [-0.25, -0.2) is 10.1 Å². The Balaban J connectivity index is 1.83. The number of rotatable bonds is 6. The third kappa shape index (κ3) is 3.46. The lowest BCUT2D eigenvalue weighted by Gasteiger charge is -2.11. The molecule has 0 saturated heterocycles. The van der Waals surface area contributed by atoms with E-state index in [9.17, 15) is 9.59 Å². The SMILES string of the molecule is CCCn1c(SCC(=O)Nc2ncn[nH]2)nc2ccccc2c1=O. The van der Waals surface area contributed by atoms with Gasteiger partial charge in [0.2, 0.25) is 11.9 Å². The number of carbonyl (C=O) groups excluding carboxylic acids is 1. The second-order valence-electron chi connectivity index (χ2n) is 5.04. The molecule has 2 aromatic heterocycles. The minimum absolute atomic E-state index is 0.0828. The summed E-state index contributed by atoms with van der Waals surface area (Å²) in [5.74, 6) is 0.162. The van der Waals surface area contributed by atoms with Gasteiger partial charge in [-0.2, -0.15) is 10.1 Å². The first kappa shape index (κ1) is 16.2. The van der Waals surface area contributed by atoms with Gasteiger partial charge in [0.05, 0.1) is 16.7 Å². The van der Waals surface area contributed by atoms with Crippen LogP contribution in [0.1, 0.15) is 13.3 Å². The highest BCUT2D eigenvalue weighted by Crippen LogP contribution is 2.18. The summed E-state index contributed by atoms with van der Waals surface area (Å²) in [7, 11) is 0. The molecule has 2 N–H and O–H groups in total. The van der Waals surface area contributed by atoms with Crippen LogP contribution in [0.5, 0.6) is 0 Å². The van der Waals surface area contributed by atoms with E-state index in [2.05, 4.69) is 25.5 Å². The molecule has 0 unspecified atom stereocenters. The summed E-state index contributed by atoms with van der Waals surface area (Å²) in [4.78, 5) is 33.0. The predicted molar refractivity (Wildman–Crippen MR) is 92.0 cm³/mol. The van der Waals surface area contributed by atoms with Crippen LogP contribution in [-0.4, -0.2) is 36.4 Å². The molecule has 1 amide bonds. The van der Waals surface area contributed by atoms with Crippen LogP contribution >= 0.6 is 11.8 Å². The Hall–Kier alpha value is -2.68. The molecule has 0 aliphatic carbocycles. The molecule has 0 aliphatic heterocycles. The molecule has 0 atom stereocenters. The fourth-order valence-corrected chi connectivity index (χ4v) is 3.07. The Morgan fingerprint density at radius 2 is 2.21 bits per heavy atom. The number of para-hydroxylation sites is 1. The third-order valence-electron chi connectivity index (χ3n) is 3.28. The first-order valence-electron chi connectivity index (χ1n) is 7.46. The van der Waals surface area contributed by atoms with Crippen molar-refractivity contribution in [3.05, 3.63) is 40.9 Å². The van der Waals surface area contributed by atoms with E-state index in [-0.39, 0.29) is 23.2 Å². The molecule has 0 aliphatic rings. The van der Waals surface area contributed by atoms with E-state index in [0.29, 0.717) is 22.6 Å². The smallest absolute Gasteiger partial charge is 0.262 e. The highest BCUT2D eigenvalue weighted by atomic mass is 32.2. The van der Waals surface area contributed by atoms with Gasteiger partial charge in [0.15, 0.2) is 5.16 Å². The molecular weight excluding hydrogens is 328 g/mol. The molecule has 124 valence electrons. The van der Waals surface area contributed by atoms with Crippen LogP contribution in [0.3, 0.4) is 0 Å². The average Bonchev–Trinajstić information content (AvgIpc) is 3.09. The highest BCUT2D eigenvalue weighted by Gasteiger charge is 2.13. The fraction of sp³-hybridized carbons (Fsp3) is 0.267. The van der Waals surface area contributed by atoms with Crippen LogP contribution in [0.25, 0.3) is 10.9 Å². The molecule has 1 aromatic carbocycles. The van der Waals surface area contributed by atoms with Crippen molar-refractivity contribution in [2.45, 2.75) is 25.0 Å². The van der Waals surface area contributed by atoms with Crippen molar-refractivity contribution in [1.29, 1.82) is 0 Å². The first-order valence-corrected chi connectivity index (χ1v) is 8.45. The normalized spacial score (nSPS) is 10.9. The lowest BCUT2D eigenvalue weighted by atomic mass is 10.2. The van der Waals surface area contributed by atoms with Crippen LogP contribution in [0.15, 0.2) is 40.5 Å². The quantitative estimate of drug-likeness (QED) is 0.520. The summed E-state index contributed by atoms with van der Waals surface area (Å²) in [6.45, 7) is 2.55. The number of aromatic nitrogens is 5. The molecule has 24 heavy (non-hydrogen) atoms. The number of hydrogen-bond donors (Lipinski definition) is 2. The van der Waals surface area contributed by atoms with Crippen LogP contribution in [0.4, 0.5) is 5.95 Å². The zero-order valence-electron chi connectivity index (χ0n) is 13.0. The van der Waals surface area contributed by atoms with Crippen molar-refractivity contribution in [2.75, 3.05) is 11.1 Å². The topological polar surface area (TPSA) is 106 Å². The van der Waals surface area contributed by atoms with Gasteiger partial charge in [-0.1, -0.05) is 30.8 Å². The summed E-state index contributed by atoms with van der Waals surface area (Å²) < 4.78 is 1.62. The molecule has 8 nitrogen and oxygen atoms in total. The number of aromatic amines is 1. The Kier molecular flexibility index (Phi) is 4.90. The van der Waals surface area contributed by atoms with Crippen molar-refractivity contribution in [3.63, 3.8) is 0 Å². The largest absolute Gasteiger partial charge is 0.294 e. The number of thioether (sulfide) groups is 1. The number of benzene rings is 1. The van der Waals surface area contributed by atoms with E-state index in [0.717, 1.165) is 6.42 Å². The second kappa shape index (κ2) is 7.26. The zero-order chi connectivity index (χ0) is 16.9. The minimum atomic E-state index is -0.248. The summed E-state index contributed by atoms with van der Waals surface area (Å²) in [5, 5.41) is 9.93. The minimum Gasteiger partial charge on any atom is -0.294 e. The van der Waals surface area contributed by atoms with E-state index in [1.807, 2.05) is 19.1 Å². The first-order chi connectivity index (χ1) is 11.7. The van der Waals surface area contributed by atoms with Crippen LogP contribution in [0.2, 0.25) is 0 Å². The molecule has 0 fully saturated rings. The number of fused-ring (bicyclic) bond motifs is 1. The Morgan fingerprint density at radius 3 is 2.96 bits per heavy atom. The third-order valence-corrected chi connectivity index (χ3v) is 4.26. The van der Waals surface area contributed by atoms with Crippen molar-refractivity contribution in [1.82, 2.24) is 24.7 Å². The van der Waals surface area contributed by atoms with E-state index in [1.54, 1.807) is 16.7 Å². The molecule has 0 bridgehead atoms. The van der Waals surface area contributed by atoms with Gasteiger partial charge in [0.25, 0.3) is 5.56 Å². The van der Waals surface area contributed by atoms with Gasteiger partial charge in [0.1, 0.15) is 6.33 Å². The number of carbonyl (C=O) groups is 1. The monoisotopic (exact) mass is 344 g/mol. The van der Waals surface area contributed by atoms with E-state index in [4.69, 9.17) is 0 Å². The summed E-state index contributed by atoms with van der Waals surface area (Å²) in [5.41, 5.74) is 0.550. The average molecular weight is 344 g/mol. The van der Waals surface area contributed by atoms with E-state index >= 15 is 0 Å². The van der Waals surface area contributed by atoms with Crippen LogP contribution < -0.4 is 10.9 Å². The van der Waals surface area contributed by atoms with Crippen LogP contribution in [-0.2, 0) is 11.3 Å². The highest BCUT2D eigenvalue weighted by molar-refractivity contribution is 7.99. The number of amides is 1. The molecule has 3 aromatic rings. The summed E-state index contributed by atoms with van der Waals surface area (Å²) in [6.07, 6.45) is 2.12. The van der Waals surface area contributed by atoms with E-state index in [1.165, 1.54) is 18.1 Å². The molecular formula is C15H16N6O2S. The van der Waals surface area contributed by atoms with Gasteiger partial charge < -0.3 is 0 Å². The maximum Gasteiger partial charge on any atom is 0.262 e. The molecule has 0 saturated carbocycles. The lowest BCUT2D eigenvalue weighted by molar-refractivity contribution is -0.113. The molecule has 2 heterocycles. The number of anilines is 1. The van der Waals surface area contributed by atoms with Gasteiger partial charge in [0, 0.05) is 6.54 Å². The Labute approximate surface area is 141 Å². The van der Waals surface area contributed by atoms with Crippen molar-refractivity contribution in [3.8, 4) is 0 Å². The van der Waals surface area contributed by atoms with Crippen molar-refractivity contribution >= 4 is 34.5 Å².